The summed E-state index contributed by atoms with van der Waals surface area (Å²) in [5, 5.41) is 0.716. The molecule has 1 fully saturated rings. The van der Waals surface area contributed by atoms with E-state index in [0.29, 0.717) is 30.5 Å². The molecule has 1 aromatic heterocycles. The van der Waals surface area contributed by atoms with Crippen molar-refractivity contribution in [1.82, 2.24) is 9.88 Å². The average molecular weight is 411 g/mol. The first-order chi connectivity index (χ1) is 14.2. The Balaban J connectivity index is 1.32. The molecule has 6 heteroatoms. The summed E-state index contributed by atoms with van der Waals surface area (Å²) in [6.07, 6.45) is 3.83. The van der Waals surface area contributed by atoms with Crippen LogP contribution in [0.1, 0.15) is 43.0 Å². The van der Waals surface area contributed by atoms with E-state index in [1.807, 2.05) is 47.4 Å². The van der Waals surface area contributed by atoms with Crippen LogP contribution in [0.4, 0.5) is 0 Å². The molecular formula is C23H26N2O3S. The lowest BCUT2D eigenvalue weighted by atomic mass is 10.1. The summed E-state index contributed by atoms with van der Waals surface area (Å²) in [4.78, 5) is 19.3. The molecule has 0 saturated carbocycles. The number of fused-ring (bicyclic) bond motifs is 1. The summed E-state index contributed by atoms with van der Waals surface area (Å²) < 4.78 is 13.0. The summed E-state index contributed by atoms with van der Waals surface area (Å²) in [5.74, 6) is 0.822. The van der Waals surface area contributed by atoms with Gasteiger partial charge in [0, 0.05) is 31.5 Å². The number of aromatic nitrogens is 1. The Morgan fingerprint density at radius 1 is 1.17 bits per heavy atom. The number of hydrogen-bond donors (Lipinski definition) is 0. The van der Waals surface area contributed by atoms with Crippen molar-refractivity contribution >= 4 is 27.5 Å². The maximum absolute atomic E-state index is 12.9. The highest BCUT2D eigenvalue weighted by Gasteiger charge is 2.25. The Morgan fingerprint density at radius 3 is 2.79 bits per heavy atom. The van der Waals surface area contributed by atoms with Crippen LogP contribution in [0, 0.1) is 0 Å². The second kappa shape index (κ2) is 9.27. The largest absolute Gasteiger partial charge is 0.494 e. The van der Waals surface area contributed by atoms with Gasteiger partial charge in [0.25, 0.3) is 11.1 Å². The van der Waals surface area contributed by atoms with E-state index in [0.717, 1.165) is 41.6 Å². The fourth-order valence-electron chi connectivity index (χ4n) is 3.46. The van der Waals surface area contributed by atoms with Crippen molar-refractivity contribution in [3.8, 4) is 10.9 Å². The number of benzene rings is 2. The minimum Gasteiger partial charge on any atom is -0.494 e. The van der Waals surface area contributed by atoms with E-state index in [4.69, 9.17) is 9.47 Å². The Morgan fingerprint density at radius 2 is 2.00 bits per heavy atom. The number of piperidine rings is 1. The molecule has 4 rings (SSSR count). The van der Waals surface area contributed by atoms with Gasteiger partial charge in [-0.15, -0.1) is 0 Å². The summed E-state index contributed by atoms with van der Waals surface area (Å²) >= 11 is 1.58. The van der Waals surface area contributed by atoms with Crippen molar-refractivity contribution in [1.29, 1.82) is 0 Å². The summed E-state index contributed by atoms with van der Waals surface area (Å²) in [6, 6.07) is 15.6. The van der Waals surface area contributed by atoms with Gasteiger partial charge in [0.05, 0.1) is 16.8 Å². The first-order valence-corrected chi connectivity index (χ1v) is 11.1. The Labute approximate surface area is 175 Å². The van der Waals surface area contributed by atoms with Gasteiger partial charge in [-0.05, 0) is 36.8 Å². The van der Waals surface area contributed by atoms with Gasteiger partial charge in [0.15, 0.2) is 0 Å². The Bertz CT molecular complexity index is 930. The van der Waals surface area contributed by atoms with Gasteiger partial charge >= 0.3 is 0 Å². The predicted molar refractivity (Wildman–Crippen MR) is 116 cm³/mol. The summed E-state index contributed by atoms with van der Waals surface area (Å²) in [6.45, 7) is 4.20. The first kappa shape index (κ1) is 19.7. The minimum atomic E-state index is 0.0596. The van der Waals surface area contributed by atoms with Crippen LogP contribution in [0.2, 0.25) is 0 Å². The zero-order valence-electron chi connectivity index (χ0n) is 16.7. The van der Waals surface area contributed by atoms with Gasteiger partial charge in [0.1, 0.15) is 11.9 Å². The average Bonchev–Trinajstić information content (AvgIpc) is 3.16. The van der Waals surface area contributed by atoms with Crippen LogP contribution >= 0.6 is 11.3 Å². The molecule has 0 N–H and O–H groups in total. The molecule has 1 aliphatic heterocycles. The van der Waals surface area contributed by atoms with E-state index < -0.39 is 0 Å². The second-order valence-corrected chi connectivity index (χ2v) is 8.28. The molecule has 0 spiro atoms. The molecule has 2 aromatic carbocycles. The van der Waals surface area contributed by atoms with E-state index in [1.165, 1.54) is 0 Å². The quantitative estimate of drug-likeness (QED) is 0.505. The zero-order chi connectivity index (χ0) is 20.1. The number of likely N-dealkylation sites (tertiary alicyclic amines) is 1. The Hall–Kier alpha value is -2.60. The van der Waals surface area contributed by atoms with Crippen molar-refractivity contribution in [2.45, 2.75) is 38.7 Å². The number of carbonyl (C=O) groups excluding carboxylic acids is 1. The van der Waals surface area contributed by atoms with Crippen LogP contribution in [-0.4, -0.2) is 41.6 Å². The molecule has 0 aliphatic carbocycles. The number of rotatable bonds is 7. The first-order valence-electron chi connectivity index (χ1n) is 10.3. The molecule has 0 atom stereocenters. The molecule has 3 aromatic rings. The Kier molecular flexibility index (Phi) is 6.30. The van der Waals surface area contributed by atoms with Gasteiger partial charge in [-0.25, -0.2) is 4.98 Å². The molecular weight excluding hydrogens is 384 g/mol. The van der Waals surface area contributed by atoms with E-state index in [2.05, 4.69) is 18.0 Å². The van der Waals surface area contributed by atoms with Gasteiger partial charge in [-0.2, -0.15) is 0 Å². The van der Waals surface area contributed by atoms with Crippen LogP contribution in [0.5, 0.6) is 10.9 Å². The van der Waals surface area contributed by atoms with Crippen molar-refractivity contribution in [3.05, 3.63) is 54.1 Å². The maximum Gasteiger partial charge on any atom is 0.274 e. The van der Waals surface area contributed by atoms with E-state index in [9.17, 15) is 4.79 Å². The molecule has 1 amide bonds. The van der Waals surface area contributed by atoms with Crippen molar-refractivity contribution in [2.24, 2.45) is 0 Å². The number of nitrogens with zero attached hydrogens (tertiary/aromatic N) is 2. The monoisotopic (exact) mass is 410 g/mol. The van der Waals surface area contributed by atoms with Crippen LogP contribution in [0.3, 0.4) is 0 Å². The highest BCUT2D eigenvalue weighted by molar-refractivity contribution is 7.20. The van der Waals surface area contributed by atoms with Crippen molar-refractivity contribution in [3.63, 3.8) is 0 Å². The lowest BCUT2D eigenvalue weighted by molar-refractivity contribution is 0.0595. The fraction of sp³-hybridized carbons (Fsp3) is 0.391. The topological polar surface area (TPSA) is 51.7 Å². The van der Waals surface area contributed by atoms with Crippen LogP contribution in [-0.2, 0) is 0 Å². The van der Waals surface area contributed by atoms with Gasteiger partial charge in [-0.1, -0.05) is 42.9 Å². The number of unbranched alkanes of at least 4 members (excludes halogenated alkanes) is 1. The smallest absolute Gasteiger partial charge is 0.274 e. The van der Waals surface area contributed by atoms with E-state index >= 15 is 0 Å². The number of thiazole rings is 1. The SMILES string of the molecule is CCCCOc1cccc(C(=O)N2CCC(Oc3nc4ccccc4s3)CC2)c1. The number of amides is 1. The molecule has 0 radical (unpaired) electrons. The fourth-order valence-corrected chi connectivity index (χ4v) is 4.34. The zero-order valence-corrected chi connectivity index (χ0v) is 17.5. The van der Waals surface area contributed by atoms with Gasteiger partial charge in [0.2, 0.25) is 0 Å². The van der Waals surface area contributed by atoms with Crippen molar-refractivity contribution < 1.29 is 14.3 Å². The lowest BCUT2D eigenvalue weighted by Crippen LogP contribution is -2.41. The predicted octanol–water partition coefficient (Wildman–Crippen LogP) is 5.16. The van der Waals surface area contributed by atoms with Gasteiger partial charge in [-0.3, -0.25) is 4.79 Å². The minimum absolute atomic E-state index is 0.0596. The molecule has 29 heavy (non-hydrogen) atoms. The lowest BCUT2D eigenvalue weighted by Gasteiger charge is -2.31. The highest BCUT2D eigenvalue weighted by Crippen LogP contribution is 2.29. The molecule has 1 aliphatic rings. The standard InChI is InChI=1S/C23H26N2O3S/c1-2-3-15-27-19-8-6-7-17(16-19)22(26)25-13-11-18(12-14-25)28-23-24-20-9-4-5-10-21(20)29-23/h4-10,16,18H,2-3,11-15H2,1H3. The second-order valence-electron chi connectivity index (χ2n) is 7.29. The number of carbonyl (C=O) groups is 1. The molecule has 5 nitrogen and oxygen atoms in total. The molecule has 1 saturated heterocycles. The number of hydrogen-bond acceptors (Lipinski definition) is 5. The normalized spacial score (nSPS) is 14.9. The van der Waals surface area contributed by atoms with Gasteiger partial charge < -0.3 is 14.4 Å². The third-order valence-electron chi connectivity index (χ3n) is 5.12. The van der Waals surface area contributed by atoms with Crippen LogP contribution < -0.4 is 9.47 Å². The number of ether oxygens (including phenoxy) is 2. The van der Waals surface area contributed by atoms with E-state index in [1.54, 1.807) is 11.3 Å². The van der Waals surface area contributed by atoms with E-state index in [-0.39, 0.29) is 12.0 Å². The third kappa shape index (κ3) is 4.88. The maximum atomic E-state index is 12.9. The summed E-state index contributed by atoms with van der Waals surface area (Å²) in [5.41, 5.74) is 1.66. The highest BCUT2D eigenvalue weighted by atomic mass is 32.1. The molecule has 0 bridgehead atoms. The third-order valence-corrected chi connectivity index (χ3v) is 6.05. The number of para-hydroxylation sites is 1. The van der Waals surface area contributed by atoms with Crippen LogP contribution in [0.25, 0.3) is 10.2 Å². The molecule has 2 heterocycles. The summed E-state index contributed by atoms with van der Waals surface area (Å²) in [7, 11) is 0. The van der Waals surface area contributed by atoms with Crippen LogP contribution in [0.15, 0.2) is 48.5 Å². The molecule has 152 valence electrons. The molecule has 0 unspecified atom stereocenters. The van der Waals surface area contributed by atoms with Crippen molar-refractivity contribution in [2.75, 3.05) is 19.7 Å².